The van der Waals surface area contributed by atoms with Crippen LogP contribution >= 0.6 is 12.4 Å². The first-order valence-corrected chi connectivity index (χ1v) is 16.0. The number of amides is 1. The first kappa shape index (κ1) is 43.0. The number of nitrogens with one attached hydrogen (secondary N) is 1. The minimum absolute atomic E-state index is 0. The highest BCUT2D eigenvalue weighted by atomic mass is 35.5. The molecule has 0 saturated carbocycles. The van der Waals surface area contributed by atoms with Gasteiger partial charge in [0, 0.05) is 32.6 Å². The lowest BCUT2D eigenvalue weighted by molar-refractivity contribution is -0.151. The molecule has 0 radical (unpaired) electrons. The highest BCUT2D eigenvalue weighted by molar-refractivity contribution is 5.85. The van der Waals surface area contributed by atoms with Crippen molar-refractivity contribution in [2.75, 3.05) is 26.4 Å². The maximum atomic E-state index is 11.7. The summed E-state index contributed by atoms with van der Waals surface area (Å²) >= 11 is 0. The Kier molecular flexibility index (Phi) is 21.1. The molecule has 0 bridgehead atoms. The zero-order valence-corrected chi connectivity index (χ0v) is 29.4. The Morgan fingerprint density at radius 1 is 0.761 bits per heavy atom. The Morgan fingerprint density at radius 3 is 1.70 bits per heavy atom. The predicted octanol–water partition coefficient (Wildman–Crippen LogP) is 5.59. The number of carbonyl (C=O) groups excluding carboxylic acids is 3. The van der Waals surface area contributed by atoms with E-state index < -0.39 is 23.0 Å². The molecule has 0 aliphatic heterocycles. The molecular weight excluding hydrogens is 608 g/mol. The van der Waals surface area contributed by atoms with Crippen molar-refractivity contribution in [3.8, 4) is 0 Å². The highest BCUT2D eigenvalue weighted by Crippen LogP contribution is 2.30. The second kappa shape index (κ2) is 22.5. The number of nitrogens with two attached hydrogens (primary N) is 1. The molecule has 2 aromatic carbocycles. The van der Waals surface area contributed by atoms with Crippen molar-refractivity contribution >= 4 is 30.3 Å². The van der Waals surface area contributed by atoms with Gasteiger partial charge in [-0.25, -0.2) is 0 Å². The second-order valence-corrected chi connectivity index (χ2v) is 12.1. The standard InChI is InChI=1S/C19H33NO2.C17H23NO5.ClH/c1-3-4-5-6-7-8-9-17-10-12-18(13-11-17)16(2)19(20,14-21)15-22;1-12(16-8-6-5-7-9-16)17(18-13(2)19,10-22-14(3)20)11-23-15(4)21;/h10-13,16,21-22H,3-9,14-15,20H2,1-2H3;5-9,12H,10-11H2,1-4H3,(H,18,19);1H. The molecule has 0 spiro atoms. The van der Waals surface area contributed by atoms with Crippen molar-refractivity contribution in [2.45, 2.75) is 109 Å². The van der Waals surface area contributed by atoms with Crippen LogP contribution in [0.3, 0.4) is 0 Å². The Morgan fingerprint density at radius 2 is 1.24 bits per heavy atom. The van der Waals surface area contributed by atoms with Crippen LogP contribution in [-0.4, -0.2) is 65.6 Å². The summed E-state index contributed by atoms with van der Waals surface area (Å²) in [4.78, 5) is 34.2. The molecular formula is C36H57ClN2O7. The lowest BCUT2D eigenvalue weighted by Gasteiger charge is -2.38. The SMILES string of the molecule is CC(=O)NC(COC(C)=O)(COC(C)=O)C(C)c1ccccc1.CCCCCCCCc1ccc(C(C)C(N)(CO)CO)cc1.Cl. The van der Waals surface area contributed by atoms with Gasteiger partial charge < -0.3 is 30.7 Å². The van der Waals surface area contributed by atoms with E-state index in [0.717, 1.165) is 17.5 Å². The summed E-state index contributed by atoms with van der Waals surface area (Å²) in [5.41, 5.74) is 7.40. The summed E-state index contributed by atoms with van der Waals surface area (Å²) in [6.07, 6.45) is 9.01. The van der Waals surface area contributed by atoms with Crippen molar-refractivity contribution in [1.29, 1.82) is 0 Å². The van der Waals surface area contributed by atoms with Gasteiger partial charge in [0.1, 0.15) is 18.8 Å². The lowest BCUT2D eigenvalue weighted by atomic mass is 9.81. The number of hydrogen-bond donors (Lipinski definition) is 4. The minimum Gasteiger partial charge on any atom is -0.463 e. The number of aliphatic hydroxyl groups is 2. The van der Waals surface area contributed by atoms with Gasteiger partial charge in [0.2, 0.25) is 5.91 Å². The number of rotatable bonds is 18. The van der Waals surface area contributed by atoms with E-state index in [0.29, 0.717) is 0 Å². The number of halogens is 1. The largest absolute Gasteiger partial charge is 0.463 e. The topological polar surface area (TPSA) is 148 Å². The normalized spacial score (nSPS) is 12.5. The average Bonchev–Trinajstić information content (AvgIpc) is 3.03. The lowest BCUT2D eigenvalue weighted by Crippen LogP contribution is -2.58. The number of hydrogen-bond acceptors (Lipinski definition) is 8. The van der Waals surface area contributed by atoms with E-state index in [4.69, 9.17) is 15.2 Å². The maximum Gasteiger partial charge on any atom is 0.302 e. The minimum atomic E-state index is -1.04. The molecule has 2 atom stereocenters. The van der Waals surface area contributed by atoms with Gasteiger partial charge in [-0.2, -0.15) is 0 Å². The summed E-state index contributed by atoms with van der Waals surface area (Å²) in [5.74, 6) is -1.56. The number of carbonyl (C=O) groups is 3. The van der Waals surface area contributed by atoms with Gasteiger partial charge in [-0.05, 0) is 29.5 Å². The van der Waals surface area contributed by atoms with Crippen LogP contribution in [0.2, 0.25) is 0 Å². The number of aliphatic hydroxyl groups excluding tert-OH is 2. The summed E-state index contributed by atoms with van der Waals surface area (Å²) in [5, 5.41) is 21.6. The number of esters is 2. The van der Waals surface area contributed by atoms with Crippen LogP contribution in [0.25, 0.3) is 0 Å². The Bertz CT molecular complexity index is 1120. The first-order valence-electron chi connectivity index (χ1n) is 16.0. The van der Waals surface area contributed by atoms with Gasteiger partial charge in [-0.3, -0.25) is 14.4 Å². The number of benzene rings is 2. The van der Waals surface area contributed by atoms with E-state index in [1.54, 1.807) is 0 Å². The molecule has 2 rings (SSSR count). The summed E-state index contributed by atoms with van der Waals surface area (Å²) in [6.45, 7) is 9.41. The molecule has 0 heterocycles. The quantitative estimate of drug-likeness (QED) is 0.119. The molecule has 0 aliphatic rings. The third kappa shape index (κ3) is 15.1. The molecule has 2 aromatic rings. The molecule has 9 nitrogen and oxygen atoms in total. The van der Waals surface area contributed by atoms with Crippen LogP contribution < -0.4 is 11.1 Å². The van der Waals surface area contributed by atoms with Crippen molar-refractivity contribution in [3.05, 3.63) is 71.3 Å². The maximum absolute atomic E-state index is 11.7. The van der Waals surface area contributed by atoms with Gasteiger partial charge in [0.25, 0.3) is 0 Å². The first-order chi connectivity index (χ1) is 21.3. The molecule has 1 amide bonds. The van der Waals surface area contributed by atoms with Crippen molar-refractivity contribution < 1.29 is 34.1 Å². The Hall–Kier alpha value is -2.98. The van der Waals surface area contributed by atoms with Crippen LogP contribution in [0.1, 0.15) is 109 Å². The molecule has 46 heavy (non-hydrogen) atoms. The smallest absolute Gasteiger partial charge is 0.302 e. The van der Waals surface area contributed by atoms with E-state index in [2.05, 4.69) is 36.5 Å². The molecule has 10 heteroatoms. The molecule has 0 fully saturated rings. The number of aryl methyl sites for hydroxylation is 1. The summed E-state index contributed by atoms with van der Waals surface area (Å²) in [7, 11) is 0. The molecule has 2 unspecified atom stereocenters. The zero-order valence-electron chi connectivity index (χ0n) is 28.6. The second-order valence-electron chi connectivity index (χ2n) is 12.1. The fraction of sp³-hybridized carbons (Fsp3) is 0.583. The van der Waals surface area contributed by atoms with Gasteiger partial charge >= 0.3 is 11.9 Å². The van der Waals surface area contributed by atoms with Gasteiger partial charge in [0.15, 0.2) is 0 Å². The van der Waals surface area contributed by atoms with E-state index in [-0.39, 0.29) is 56.6 Å². The molecule has 260 valence electrons. The average molecular weight is 665 g/mol. The molecule has 0 aromatic heterocycles. The summed E-state index contributed by atoms with van der Waals surface area (Å²) in [6, 6.07) is 17.9. The zero-order chi connectivity index (χ0) is 33.9. The third-order valence-corrected chi connectivity index (χ3v) is 8.37. The van der Waals surface area contributed by atoms with Crippen molar-refractivity contribution in [1.82, 2.24) is 5.32 Å². The van der Waals surface area contributed by atoms with Gasteiger partial charge in [-0.15, -0.1) is 12.4 Å². The predicted molar refractivity (Wildman–Crippen MR) is 185 cm³/mol. The Balaban J connectivity index is 0.000000862. The van der Waals surface area contributed by atoms with Crippen molar-refractivity contribution in [3.63, 3.8) is 0 Å². The number of unbranched alkanes of at least 4 members (excludes halogenated alkanes) is 5. The van der Waals surface area contributed by atoms with Gasteiger partial charge in [-0.1, -0.05) is 107 Å². The monoisotopic (exact) mass is 664 g/mol. The van der Waals surface area contributed by atoms with Crippen LogP contribution in [0.15, 0.2) is 54.6 Å². The summed E-state index contributed by atoms with van der Waals surface area (Å²) < 4.78 is 10.3. The molecule has 5 N–H and O–H groups in total. The molecule has 0 aliphatic carbocycles. The van der Waals surface area contributed by atoms with Crippen LogP contribution in [0.4, 0.5) is 0 Å². The van der Waals surface area contributed by atoms with Crippen molar-refractivity contribution in [2.24, 2.45) is 5.73 Å². The molecule has 0 saturated heterocycles. The van der Waals surface area contributed by atoms with E-state index in [9.17, 15) is 24.6 Å². The van der Waals surface area contributed by atoms with E-state index >= 15 is 0 Å². The fourth-order valence-corrected chi connectivity index (χ4v) is 5.08. The van der Waals surface area contributed by atoms with Crippen LogP contribution in [-0.2, 0) is 30.3 Å². The van der Waals surface area contributed by atoms with E-state index in [1.165, 1.54) is 64.9 Å². The number of ether oxygens (including phenoxy) is 2. The Labute approximate surface area is 282 Å². The highest BCUT2D eigenvalue weighted by Gasteiger charge is 2.41. The van der Waals surface area contributed by atoms with Crippen LogP contribution in [0, 0.1) is 0 Å². The fourth-order valence-electron chi connectivity index (χ4n) is 5.08. The van der Waals surface area contributed by atoms with Crippen LogP contribution in [0.5, 0.6) is 0 Å². The van der Waals surface area contributed by atoms with Gasteiger partial charge in [0.05, 0.1) is 18.8 Å². The van der Waals surface area contributed by atoms with E-state index in [1.807, 2.05) is 44.2 Å². The third-order valence-electron chi connectivity index (χ3n) is 8.37.